The van der Waals surface area contributed by atoms with Gasteiger partial charge in [0.2, 0.25) is 0 Å². The molecule has 1 N–H and O–H groups in total. The molecule has 0 unspecified atom stereocenters. The highest BCUT2D eigenvalue weighted by Crippen LogP contribution is 2.46. The summed E-state index contributed by atoms with van der Waals surface area (Å²) in [5.74, 6) is -5.00. The summed E-state index contributed by atoms with van der Waals surface area (Å²) in [6.07, 6.45) is -0.329. The lowest BCUT2D eigenvalue weighted by atomic mass is 9.62. The summed E-state index contributed by atoms with van der Waals surface area (Å²) >= 11 is 5.93. The summed E-state index contributed by atoms with van der Waals surface area (Å²) in [5, 5.41) is 11.3. The van der Waals surface area contributed by atoms with Crippen LogP contribution in [0.25, 0.3) is 0 Å². The van der Waals surface area contributed by atoms with Gasteiger partial charge in [-0.25, -0.2) is 0 Å². The molecule has 0 heterocycles. The molecule has 4 atom stereocenters. The number of benzene rings is 1. The number of hydrogen-bond donors (Lipinski definition) is 1. The first-order valence-electron chi connectivity index (χ1n) is 8.56. The monoisotopic (exact) mass is 382 g/mol. The molecule has 0 bridgehead atoms. The average molecular weight is 383 g/mol. The lowest BCUT2D eigenvalue weighted by molar-refractivity contribution is -0.172. The Labute approximate surface area is 157 Å². The van der Waals surface area contributed by atoms with Gasteiger partial charge in [-0.1, -0.05) is 23.7 Å². The molecule has 1 saturated carbocycles. The lowest BCUT2D eigenvalue weighted by Crippen LogP contribution is -2.55. The first-order valence-corrected chi connectivity index (χ1v) is 8.94. The number of carbonyl (C=O) groups is 3. The average Bonchev–Trinajstić information content (AvgIpc) is 2.54. The Kier molecular flexibility index (Phi) is 6.42. The van der Waals surface area contributed by atoms with Crippen LogP contribution in [-0.2, 0) is 23.9 Å². The van der Waals surface area contributed by atoms with Crippen LogP contribution < -0.4 is 0 Å². The van der Waals surface area contributed by atoms with Crippen LogP contribution >= 0.6 is 11.6 Å². The van der Waals surface area contributed by atoms with Crippen molar-refractivity contribution in [2.75, 3.05) is 13.2 Å². The first-order chi connectivity index (χ1) is 12.2. The summed E-state index contributed by atoms with van der Waals surface area (Å²) in [5.41, 5.74) is -1.10. The van der Waals surface area contributed by atoms with Crippen molar-refractivity contribution in [3.05, 3.63) is 34.9 Å². The highest BCUT2D eigenvalue weighted by molar-refractivity contribution is 6.30. The van der Waals surface area contributed by atoms with Crippen LogP contribution in [0, 0.1) is 11.8 Å². The molecule has 26 heavy (non-hydrogen) atoms. The third kappa shape index (κ3) is 4.07. The molecule has 1 aromatic carbocycles. The van der Waals surface area contributed by atoms with E-state index in [2.05, 4.69) is 0 Å². The molecular weight excluding hydrogens is 360 g/mol. The van der Waals surface area contributed by atoms with Gasteiger partial charge in [0.25, 0.3) is 0 Å². The summed E-state index contributed by atoms with van der Waals surface area (Å²) in [6.45, 7) is 4.94. The lowest BCUT2D eigenvalue weighted by Gasteiger charge is -2.43. The molecular formula is C19H23ClO6. The van der Waals surface area contributed by atoms with Crippen molar-refractivity contribution in [1.82, 2.24) is 0 Å². The zero-order valence-corrected chi connectivity index (χ0v) is 15.8. The van der Waals surface area contributed by atoms with Gasteiger partial charge in [-0.05, 0) is 38.5 Å². The van der Waals surface area contributed by atoms with Gasteiger partial charge in [-0.3, -0.25) is 14.4 Å². The van der Waals surface area contributed by atoms with E-state index in [1.54, 1.807) is 38.1 Å². The number of Topliss-reactive ketones (excluding diaryl/α,β-unsaturated/α-hetero) is 1. The van der Waals surface area contributed by atoms with E-state index in [-0.39, 0.29) is 19.6 Å². The molecule has 0 spiro atoms. The number of esters is 2. The SMILES string of the molecule is CCOC(=O)[C@H]1C(=O)C[C@](C)(O)[C@@H](C(=O)OCC)[C@@H]1c1ccc(Cl)cc1. The standard InChI is InChI=1S/C19H23ClO6/c1-4-25-17(22)15-13(21)10-19(3,24)16(18(23)26-5-2)14(15)11-6-8-12(20)9-7-11/h6-9,14-16,24H,4-5,10H2,1-3H3/t14-,15+,16-,19+/m1/s1. The van der Waals surface area contributed by atoms with Crippen molar-refractivity contribution < 1.29 is 29.0 Å². The maximum atomic E-state index is 12.7. The normalized spacial score (nSPS) is 28.5. The molecule has 0 amide bonds. The predicted molar refractivity (Wildman–Crippen MR) is 94.7 cm³/mol. The van der Waals surface area contributed by atoms with Crippen LogP contribution in [0.1, 0.15) is 38.7 Å². The summed E-state index contributed by atoms with van der Waals surface area (Å²) in [7, 11) is 0. The molecule has 1 aromatic rings. The molecule has 1 aliphatic rings. The Balaban J connectivity index is 2.59. The topological polar surface area (TPSA) is 89.9 Å². The van der Waals surface area contributed by atoms with Crippen molar-refractivity contribution in [3.8, 4) is 0 Å². The number of ether oxygens (including phenoxy) is 2. The second kappa shape index (κ2) is 8.18. The summed E-state index contributed by atoms with van der Waals surface area (Å²) < 4.78 is 10.2. The second-order valence-electron chi connectivity index (χ2n) is 6.54. The minimum atomic E-state index is -1.64. The van der Waals surface area contributed by atoms with Crippen LogP contribution in [0.3, 0.4) is 0 Å². The van der Waals surface area contributed by atoms with Crippen molar-refractivity contribution in [3.63, 3.8) is 0 Å². The second-order valence-corrected chi connectivity index (χ2v) is 6.97. The Bertz CT molecular complexity index is 682. The van der Waals surface area contributed by atoms with Crippen LogP contribution in [-0.4, -0.2) is 41.6 Å². The van der Waals surface area contributed by atoms with Crippen LogP contribution in [0.15, 0.2) is 24.3 Å². The van der Waals surface area contributed by atoms with E-state index in [1.807, 2.05) is 0 Å². The van der Waals surface area contributed by atoms with Gasteiger partial charge in [-0.15, -0.1) is 0 Å². The first kappa shape index (κ1) is 20.4. The number of halogens is 1. The number of rotatable bonds is 5. The van der Waals surface area contributed by atoms with Crippen molar-refractivity contribution in [2.24, 2.45) is 11.8 Å². The third-order valence-corrected chi connectivity index (χ3v) is 4.86. The maximum absolute atomic E-state index is 12.7. The minimum absolute atomic E-state index is 0.108. The van der Waals surface area contributed by atoms with Gasteiger partial charge in [0.1, 0.15) is 5.92 Å². The number of hydrogen-bond acceptors (Lipinski definition) is 6. The fourth-order valence-electron chi connectivity index (χ4n) is 3.56. The van der Waals surface area contributed by atoms with E-state index in [0.29, 0.717) is 10.6 Å². The minimum Gasteiger partial charge on any atom is -0.466 e. The van der Waals surface area contributed by atoms with E-state index in [9.17, 15) is 19.5 Å². The molecule has 1 aliphatic carbocycles. The van der Waals surface area contributed by atoms with E-state index >= 15 is 0 Å². The number of ketones is 1. The third-order valence-electron chi connectivity index (χ3n) is 4.60. The van der Waals surface area contributed by atoms with Crippen molar-refractivity contribution >= 4 is 29.3 Å². The maximum Gasteiger partial charge on any atom is 0.317 e. The highest BCUT2D eigenvalue weighted by Gasteiger charge is 2.57. The Morgan fingerprint density at radius 1 is 1.15 bits per heavy atom. The molecule has 0 radical (unpaired) electrons. The highest BCUT2D eigenvalue weighted by atomic mass is 35.5. The molecule has 6 nitrogen and oxygen atoms in total. The van der Waals surface area contributed by atoms with E-state index in [0.717, 1.165) is 0 Å². The van der Waals surface area contributed by atoms with Gasteiger partial charge >= 0.3 is 11.9 Å². The smallest absolute Gasteiger partial charge is 0.317 e. The zero-order valence-electron chi connectivity index (χ0n) is 15.0. The van der Waals surface area contributed by atoms with Gasteiger partial charge in [0.05, 0.1) is 24.7 Å². The van der Waals surface area contributed by atoms with E-state index in [1.165, 1.54) is 6.92 Å². The van der Waals surface area contributed by atoms with E-state index < -0.39 is 41.1 Å². The van der Waals surface area contributed by atoms with Gasteiger partial charge in [0.15, 0.2) is 5.78 Å². The summed E-state index contributed by atoms with van der Waals surface area (Å²) in [6, 6.07) is 6.49. The molecule has 1 fully saturated rings. The molecule has 0 aliphatic heterocycles. The van der Waals surface area contributed by atoms with Crippen molar-refractivity contribution in [1.29, 1.82) is 0 Å². The quantitative estimate of drug-likeness (QED) is 0.621. The fraction of sp³-hybridized carbons (Fsp3) is 0.526. The molecule has 142 valence electrons. The van der Waals surface area contributed by atoms with Gasteiger partial charge in [-0.2, -0.15) is 0 Å². The fourth-order valence-corrected chi connectivity index (χ4v) is 3.69. The number of aliphatic hydroxyl groups is 1. The zero-order chi connectivity index (χ0) is 19.5. The molecule has 0 aromatic heterocycles. The number of carbonyl (C=O) groups excluding carboxylic acids is 3. The van der Waals surface area contributed by atoms with E-state index in [4.69, 9.17) is 21.1 Å². The van der Waals surface area contributed by atoms with Gasteiger partial charge < -0.3 is 14.6 Å². The molecule has 0 saturated heterocycles. The van der Waals surface area contributed by atoms with Crippen LogP contribution in [0.4, 0.5) is 0 Å². The Morgan fingerprint density at radius 2 is 1.69 bits per heavy atom. The Morgan fingerprint density at radius 3 is 2.23 bits per heavy atom. The molecule has 2 rings (SSSR count). The largest absolute Gasteiger partial charge is 0.466 e. The van der Waals surface area contributed by atoms with Gasteiger partial charge in [0, 0.05) is 17.4 Å². The predicted octanol–water partition coefficient (Wildman–Crippen LogP) is 2.51. The van der Waals surface area contributed by atoms with Crippen LogP contribution in [0.2, 0.25) is 5.02 Å². The molecule has 7 heteroatoms. The van der Waals surface area contributed by atoms with Crippen LogP contribution in [0.5, 0.6) is 0 Å². The Hall–Kier alpha value is -1.92. The summed E-state index contributed by atoms with van der Waals surface area (Å²) in [4.78, 5) is 37.8. The van der Waals surface area contributed by atoms with Crippen molar-refractivity contribution in [2.45, 2.75) is 38.7 Å².